The van der Waals surface area contributed by atoms with Crippen LogP contribution in [0, 0.1) is 11.3 Å². The van der Waals surface area contributed by atoms with E-state index in [0.29, 0.717) is 12.1 Å². The lowest BCUT2D eigenvalue weighted by atomic mass is 10.1. The third-order valence-corrected chi connectivity index (χ3v) is 3.97. The molecule has 21 heavy (non-hydrogen) atoms. The Kier molecular flexibility index (Phi) is 3.85. The Balaban J connectivity index is 1.91. The normalized spacial score (nSPS) is 10.3. The number of aromatic nitrogens is 1. The van der Waals surface area contributed by atoms with Crippen molar-refractivity contribution in [3.63, 3.8) is 0 Å². The van der Waals surface area contributed by atoms with Gasteiger partial charge in [-0.1, -0.05) is 30.3 Å². The second kappa shape index (κ2) is 5.94. The smallest absolute Gasteiger partial charge is 0.103 e. The number of hydrogen-bond donors (Lipinski definition) is 1. The molecule has 0 radical (unpaired) electrons. The van der Waals surface area contributed by atoms with Crippen molar-refractivity contribution in [2.45, 2.75) is 6.54 Å². The summed E-state index contributed by atoms with van der Waals surface area (Å²) < 4.78 is 0.797. The van der Waals surface area contributed by atoms with E-state index in [-0.39, 0.29) is 0 Å². The predicted molar refractivity (Wildman–Crippen MR) is 87.9 cm³/mol. The Morgan fingerprint density at radius 1 is 1.10 bits per heavy atom. The topological polar surface area (TPSA) is 48.7 Å². The second-order valence-corrected chi connectivity index (χ2v) is 5.47. The summed E-state index contributed by atoms with van der Waals surface area (Å²) in [5, 5.41) is 13.7. The van der Waals surface area contributed by atoms with Crippen LogP contribution in [0.2, 0.25) is 0 Å². The van der Waals surface area contributed by atoms with Crippen molar-refractivity contribution < 1.29 is 0 Å². The van der Waals surface area contributed by atoms with Crippen molar-refractivity contribution in [1.82, 2.24) is 4.98 Å². The van der Waals surface area contributed by atoms with E-state index in [2.05, 4.69) is 32.3 Å². The van der Waals surface area contributed by atoms with Crippen LogP contribution in [-0.4, -0.2) is 4.98 Å². The molecule has 0 spiro atoms. The molecule has 2 aromatic carbocycles. The molecule has 0 saturated carbocycles. The van der Waals surface area contributed by atoms with Gasteiger partial charge in [0.15, 0.2) is 0 Å². The van der Waals surface area contributed by atoms with Crippen molar-refractivity contribution in [2.75, 3.05) is 5.32 Å². The molecule has 0 amide bonds. The number of nitrogens with zero attached hydrogens (tertiary/aromatic N) is 2. The number of nitrogens with one attached hydrogen (secondary N) is 1. The molecular weight excluding hydrogens is 326 g/mol. The molecule has 0 aliphatic rings. The summed E-state index contributed by atoms with van der Waals surface area (Å²) in [6, 6.07) is 18.0. The molecule has 102 valence electrons. The van der Waals surface area contributed by atoms with Crippen molar-refractivity contribution >= 4 is 32.5 Å². The van der Waals surface area contributed by atoms with E-state index in [1.54, 1.807) is 6.20 Å². The van der Waals surface area contributed by atoms with Gasteiger partial charge in [0.05, 0.1) is 16.8 Å². The first kappa shape index (κ1) is 13.6. The maximum Gasteiger partial charge on any atom is 0.103 e. The molecule has 0 fully saturated rings. The molecule has 0 unspecified atom stereocenters. The van der Waals surface area contributed by atoms with Crippen LogP contribution in [0.15, 0.2) is 59.2 Å². The number of rotatable bonds is 3. The zero-order chi connectivity index (χ0) is 14.7. The number of halogens is 1. The van der Waals surface area contributed by atoms with Crippen molar-refractivity contribution in [2.24, 2.45) is 0 Å². The first-order chi connectivity index (χ1) is 10.3. The summed E-state index contributed by atoms with van der Waals surface area (Å²) in [7, 11) is 0. The van der Waals surface area contributed by atoms with Gasteiger partial charge in [0, 0.05) is 22.6 Å². The quantitative estimate of drug-likeness (QED) is 0.766. The van der Waals surface area contributed by atoms with E-state index < -0.39 is 0 Å². The highest BCUT2D eigenvalue weighted by Crippen LogP contribution is 2.25. The van der Waals surface area contributed by atoms with Crippen molar-refractivity contribution in [3.05, 3.63) is 70.3 Å². The average Bonchev–Trinajstić information content (AvgIpc) is 2.53. The summed E-state index contributed by atoms with van der Waals surface area (Å²) in [6.07, 6.45) is 1.80. The number of para-hydroxylation sites is 1. The lowest BCUT2D eigenvalue weighted by Gasteiger charge is -2.10. The van der Waals surface area contributed by atoms with E-state index in [1.807, 2.05) is 48.5 Å². The summed E-state index contributed by atoms with van der Waals surface area (Å²) in [6.45, 7) is 0.624. The Morgan fingerprint density at radius 2 is 1.90 bits per heavy atom. The summed E-state index contributed by atoms with van der Waals surface area (Å²) >= 11 is 3.40. The van der Waals surface area contributed by atoms with E-state index in [4.69, 9.17) is 0 Å². The Bertz CT molecular complexity index is 832. The van der Waals surface area contributed by atoms with Gasteiger partial charge in [0.2, 0.25) is 0 Å². The number of fused-ring (bicyclic) bond motifs is 1. The molecule has 0 bridgehead atoms. The highest BCUT2D eigenvalue weighted by atomic mass is 79.9. The van der Waals surface area contributed by atoms with Gasteiger partial charge in [-0.05, 0) is 39.7 Å². The lowest BCUT2D eigenvalue weighted by molar-refractivity contribution is 1.15. The van der Waals surface area contributed by atoms with Crippen LogP contribution >= 0.6 is 15.9 Å². The fraction of sp³-hybridized carbons (Fsp3) is 0.0588. The monoisotopic (exact) mass is 337 g/mol. The highest BCUT2D eigenvalue weighted by Gasteiger charge is 2.07. The SMILES string of the molecule is N#Cc1c(Br)cccc1NCc1cccc2cccnc12. The molecule has 0 aliphatic heterocycles. The van der Waals surface area contributed by atoms with Gasteiger partial charge < -0.3 is 5.32 Å². The molecule has 0 atom stereocenters. The van der Waals surface area contributed by atoms with Gasteiger partial charge in [0.25, 0.3) is 0 Å². The van der Waals surface area contributed by atoms with Crippen LogP contribution in [0.25, 0.3) is 10.9 Å². The summed E-state index contributed by atoms with van der Waals surface area (Å²) in [5.41, 5.74) is 3.53. The molecule has 1 N–H and O–H groups in total. The largest absolute Gasteiger partial charge is 0.380 e. The number of nitriles is 1. The number of hydrogen-bond acceptors (Lipinski definition) is 3. The van der Waals surface area contributed by atoms with Gasteiger partial charge in [0.1, 0.15) is 6.07 Å². The van der Waals surface area contributed by atoms with Crippen LogP contribution in [0.1, 0.15) is 11.1 Å². The minimum absolute atomic E-state index is 0.616. The fourth-order valence-electron chi connectivity index (χ4n) is 2.29. The van der Waals surface area contributed by atoms with E-state index in [9.17, 15) is 5.26 Å². The molecule has 0 aliphatic carbocycles. The molecule has 4 heteroatoms. The van der Waals surface area contributed by atoms with Gasteiger partial charge in [-0.2, -0.15) is 5.26 Å². The number of pyridine rings is 1. The molecule has 3 aromatic rings. The van der Waals surface area contributed by atoms with E-state index in [1.165, 1.54) is 0 Å². The van der Waals surface area contributed by atoms with Crippen LogP contribution < -0.4 is 5.32 Å². The molecule has 1 heterocycles. The van der Waals surface area contributed by atoms with Crippen LogP contribution in [0.5, 0.6) is 0 Å². The minimum Gasteiger partial charge on any atom is -0.380 e. The standard InChI is InChI=1S/C17H12BrN3/c18-15-7-2-8-16(14(15)10-19)21-11-13-5-1-4-12-6-3-9-20-17(12)13/h1-9,21H,11H2. The van der Waals surface area contributed by atoms with Gasteiger partial charge >= 0.3 is 0 Å². The second-order valence-electron chi connectivity index (χ2n) is 4.62. The zero-order valence-electron chi connectivity index (χ0n) is 11.2. The average molecular weight is 338 g/mol. The number of anilines is 1. The van der Waals surface area contributed by atoms with Gasteiger partial charge in [-0.15, -0.1) is 0 Å². The highest BCUT2D eigenvalue weighted by molar-refractivity contribution is 9.10. The van der Waals surface area contributed by atoms with Gasteiger partial charge in [-0.3, -0.25) is 4.98 Å². The molecule has 3 rings (SSSR count). The van der Waals surface area contributed by atoms with Crippen LogP contribution in [0.3, 0.4) is 0 Å². The molecule has 0 saturated heterocycles. The molecule has 1 aromatic heterocycles. The molecule has 3 nitrogen and oxygen atoms in total. The van der Waals surface area contributed by atoms with E-state index >= 15 is 0 Å². The maximum absolute atomic E-state index is 9.24. The van der Waals surface area contributed by atoms with Crippen molar-refractivity contribution in [3.8, 4) is 6.07 Å². The van der Waals surface area contributed by atoms with Crippen molar-refractivity contribution in [1.29, 1.82) is 5.26 Å². The lowest BCUT2D eigenvalue weighted by Crippen LogP contribution is -2.02. The molecular formula is C17H12BrN3. The fourth-order valence-corrected chi connectivity index (χ4v) is 2.74. The summed E-state index contributed by atoms with van der Waals surface area (Å²) in [5.74, 6) is 0. The Morgan fingerprint density at radius 3 is 2.76 bits per heavy atom. The third-order valence-electron chi connectivity index (χ3n) is 3.31. The minimum atomic E-state index is 0.616. The van der Waals surface area contributed by atoms with E-state index in [0.717, 1.165) is 26.6 Å². The first-order valence-corrected chi connectivity index (χ1v) is 7.34. The number of benzene rings is 2. The van der Waals surface area contributed by atoms with Crippen LogP contribution in [-0.2, 0) is 6.54 Å². The zero-order valence-corrected chi connectivity index (χ0v) is 12.8. The predicted octanol–water partition coefficient (Wildman–Crippen LogP) is 4.48. The third kappa shape index (κ3) is 2.74. The first-order valence-electron chi connectivity index (χ1n) is 6.54. The summed E-state index contributed by atoms with van der Waals surface area (Å²) in [4.78, 5) is 4.44. The van der Waals surface area contributed by atoms with Crippen LogP contribution in [0.4, 0.5) is 5.69 Å². The van der Waals surface area contributed by atoms with Gasteiger partial charge in [-0.25, -0.2) is 0 Å². The Hall–Kier alpha value is -2.38. The Labute approximate surface area is 131 Å². The maximum atomic E-state index is 9.24.